The number of fused-ring (bicyclic) bond motifs is 1. The largest absolute Gasteiger partial charge is 0.396 e. The summed E-state index contributed by atoms with van der Waals surface area (Å²) in [6.45, 7) is 4.61. The number of rotatable bonds is 4. The van der Waals surface area contributed by atoms with Crippen molar-refractivity contribution in [1.29, 1.82) is 0 Å². The van der Waals surface area contributed by atoms with E-state index in [1.54, 1.807) is 0 Å². The van der Waals surface area contributed by atoms with E-state index in [1.807, 2.05) is 4.68 Å². The van der Waals surface area contributed by atoms with Gasteiger partial charge in [0.2, 0.25) is 0 Å². The summed E-state index contributed by atoms with van der Waals surface area (Å²) in [4.78, 5) is 0. The lowest BCUT2D eigenvalue weighted by molar-refractivity contribution is 0.116. The monoisotopic (exact) mass is 234 g/mol. The van der Waals surface area contributed by atoms with E-state index in [4.69, 9.17) is 0 Å². The van der Waals surface area contributed by atoms with Crippen LogP contribution in [0.25, 0.3) is 0 Å². The minimum Gasteiger partial charge on any atom is -0.396 e. The van der Waals surface area contributed by atoms with E-state index in [2.05, 4.69) is 31.2 Å². The lowest BCUT2D eigenvalue weighted by Gasteiger charge is -2.27. The minimum atomic E-state index is 0.143. The fourth-order valence-electron chi connectivity index (χ4n) is 3.48. The van der Waals surface area contributed by atoms with Gasteiger partial charge in [0, 0.05) is 18.8 Å². The van der Waals surface area contributed by atoms with Crippen LogP contribution in [0.1, 0.15) is 44.8 Å². The molecule has 1 heterocycles. The smallest absolute Gasteiger partial charge is 0.0631 e. The maximum absolute atomic E-state index is 9.70. The second kappa shape index (κ2) is 3.84. The molecule has 17 heavy (non-hydrogen) atoms. The van der Waals surface area contributed by atoms with Crippen LogP contribution < -0.4 is 0 Å². The molecule has 3 rings (SSSR count). The maximum Gasteiger partial charge on any atom is 0.0631 e. The molecule has 2 atom stereocenters. The lowest BCUT2D eigenvalue weighted by Crippen LogP contribution is -2.26. The molecule has 0 spiro atoms. The Morgan fingerprint density at radius 1 is 1.47 bits per heavy atom. The Hall–Kier alpha value is -0.830. The van der Waals surface area contributed by atoms with Gasteiger partial charge in [0.05, 0.1) is 5.69 Å². The molecule has 0 saturated heterocycles. The molecule has 2 aliphatic rings. The molecular formula is C14H22N2O. The normalized spacial score (nSPS) is 35.3. The van der Waals surface area contributed by atoms with Crippen molar-refractivity contribution in [3.8, 4) is 0 Å². The van der Waals surface area contributed by atoms with Crippen molar-refractivity contribution in [2.45, 2.75) is 45.6 Å². The van der Waals surface area contributed by atoms with Gasteiger partial charge in [-0.25, -0.2) is 0 Å². The lowest BCUT2D eigenvalue weighted by atomic mass is 9.79. The average Bonchev–Trinajstić information content (AvgIpc) is 2.77. The summed E-state index contributed by atoms with van der Waals surface area (Å²) in [5.74, 6) is 1.82. The van der Waals surface area contributed by atoms with E-state index >= 15 is 0 Å². The first-order valence-corrected chi connectivity index (χ1v) is 6.77. The van der Waals surface area contributed by atoms with E-state index in [-0.39, 0.29) is 5.41 Å². The zero-order valence-corrected chi connectivity index (χ0v) is 10.8. The predicted molar refractivity (Wildman–Crippen MR) is 66.7 cm³/mol. The molecular weight excluding hydrogens is 212 g/mol. The highest BCUT2D eigenvalue weighted by Crippen LogP contribution is 2.60. The fourth-order valence-corrected chi connectivity index (χ4v) is 3.48. The molecule has 2 unspecified atom stereocenters. The Morgan fingerprint density at radius 2 is 2.18 bits per heavy atom. The number of hydrogen-bond donors (Lipinski definition) is 1. The third-order valence-corrected chi connectivity index (χ3v) is 4.54. The highest BCUT2D eigenvalue weighted by Gasteiger charge is 2.53. The van der Waals surface area contributed by atoms with Gasteiger partial charge >= 0.3 is 0 Å². The molecule has 94 valence electrons. The summed E-state index contributed by atoms with van der Waals surface area (Å²) in [6, 6.07) is 2.53. The Balaban J connectivity index is 1.72. The molecule has 1 N–H and O–H groups in total. The second-order valence-electron chi connectivity index (χ2n) is 6.38. The van der Waals surface area contributed by atoms with Gasteiger partial charge in [-0.05, 0) is 62.8 Å². The van der Waals surface area contributed by atoms with Crippen LogP contribution in [0.5, 0.6) is 0 Å². The molecule has 3 heteroatoms. The number of aliphatic hydroxyl groups excluding tert-OH is 1. The van der Waals surface area contributed by atoms with Gasteiger partial charge < -0.3 is 5.11 Å². The summed E-state index contributed by atoms with van der Waals surface area (Å²) < 4.78 is 2.01. The van der Waals surface area contributed by atoms with Crippen molar-refractivity contribution in [2.24, 2.45) is 17.3 Å². The standard InChI is InChI=1S/C14H22N2O/c1-10(2)16-4-3-13(15-16)8-14(9-17)6-11-5-12(11)7-14/h3-4,10-12,17H,5-9H2,1-2H3. The molecule has 3 nitrogen and oxygen atoms in total. The summed E-state index contributed by atoms with van der Waals surface area (Å²) in [6.07, 6.45) is 6.84. The van der Waals surface area contributed by atoms with Crippen LogP contribution >= 0.6 is 0 Å². The molecule has 1 aromatic rings. The SMILES string of the molecule is CC(C)n1ccc(CC2(CO)CC3CC3C2)n1. The van der Waals surface area contributed by atoms with Gasteiger partial charge in [-0.3, -0.25) is 4.68 Å². The van der Waals surface area contributed by atoms with Gasteiger partial charge in [0.15, 0.2) is 0 Å². The third kappa shape index (κ3) is 2.01. The summed E-state index contributed by atoms with van der Waals surface area (Å²) in [7, 11) is 0. The Kier molecular flexibility index (Phi) is 2.54. The van der Waals surface area contributed by atoms with Crippen LogP contribution in [0.3, 0.4) is 0 Å². The quantitative estimate of drug-likeness (QED) is 0.868. The maximum atomic E-state index is 9.70. The third-order valence-electron chi connectivity index (χ3n) is 4.54. The van der Waals surface area contributed by atoms with E-state index in [0.717, 1.165) is 24.0 Å². The Morgan fingerprint density at radius 3 is 2.71 bits per heavy atom. The van der Waals surface area contributed by atoms with Crippen molar-refractivity contribution < 1.29 is 5.11 Å². The van der Waals surface area contributed by atoms with Crippen LogP contribution in [-0.4, -0.2) is 21.5 Å². The number of aliphatic hydroxyl groups is 1. The predicted octanol–water partition coefficient (Wildman–Crippen LogP) is 2.42. The van der Waals surface area contributed by atoms with Gasteiger partial charge in [-0.15, -0.1) is 0 Å². The number of aromatic nitrogens is 2. The van der Waals surface area contributed by atoms with Crippen LogP contribution in [0.15, 0.2) is 12.3 Å². The fraction of sp³-hybridized carbons (Fsp3) is 0.786. The molecule has 0 amide bonds. The zero-order chi connectivity index (χ0) is 12.0. The van der Waals surface area contributed by atoms with Gasteiger partial charge in [-0.2, -0.15) is 5.10 Å². The van der Waals surface area contributed by atoms with Crippen molar-refractivity contribution in [2.75, 3.05) is 6.61 Å². The van der Waals surface area contributed by atoms with E-state index in [1.165, 1.54) is 19.3 Å². The molecule has 0 aliphatic heterocycles. The molecule has 2 saturated carbocycles. The van der Waals surface area contributed by atoms with Crippen LogP contribution in [0.2, 0.25) is 0 Å². The van der Waals surface area contributed by atoms with Crippen LogP contribution in [0, 0.1) is 17.3 Å². The summed E-state index contributed by atoms with van der Waals surface area (Å²) >= 11 is 0. The van der Waals surface area contributed by atoms with Crippen molar-refractivity contribution >= 4 is 0 Å². The van der Waals surface area contributed by atoms with Crippen LogP contribution in [-0.2, 0) is 6.42 Å². The highest BCUT2D eigenvalue weighted by atomic mass is 16.3. The van der Waals surface area contributed by atoms with Crippen molar-refractivity contribution in [3.05, 3.63) is 18.0 Å². The Bertz CT molecular complexity index is 400. The number of nitrogens with zero attached hydrogens (tertiary/aromatic N) is 2. The molecule has 1 aromatic heterocycles. The van der Waals surface area contributed by atoms with E-state index in [9.17, 15) is 5.11 Å². The average molecular weight is 234 g/mol. The Labute approximate surface area is 103 Å². The first-order chi connectivity index (χ1) is 8.12. The topological polar surface area (TPSA) is 38.0 Å². The van der Waals surface area contributed by atoms with Gasteiger partial charge in [-0.1, -0.05) is 0 Å². The molecule has 0 radical (unpaired) electrons. The minimum absolute atomic E-state index is 0.143. The first-order valence-electron chi connectivity index (χ1n) is 6.77. The van der Waals surface area contributed by atoms with Gasteiger partial charge in [0.25, 0.3) is 0 Å². The van der Waals surface area contributed by atoms with E-state index < -0.39 is 0 Å². The molecule has 0 aromatic carbocycles. The summed E-state index contributed by atoms with van der Waals surface area (Å²) in [5.41, 5.74) is 1.29. The summed E-state index contributed by atoms with van der Waals surface area (Å²) in [5, 5.41) is 14.3. The van der Waals surface area contributed by atoms with Crippen molar-refractivity contribution in [3.63, 3.8) is 0 Å². The second-order valence-corrected chi connectivity index (χ2v) is 6.38. The highest BCUT2D eigenvalue weighted by molar-refractivity contribution is 5.10. The number of hydrogen-bond acceptors (Lipinski definition) is 2. The molecule has 2 aliphatic carbocycles. The van der Waals surface area contributed by atoms with Crippen molar-refractivity contribution in [1.82, 2.24) is 9.78 Å². The molecule has 0 bridgehead atoms. The zero-order valence-electron chi connectivity index (χ0n) is 10.8. The van der Waals surface area contributed by atoms with Gasteiger partial charge in [0.1, 0.15) is 0 Å². The molecule has 2 fully saturated rings. The van der Waals surface area contributed by atoms with Crippen LogP contribution in [0.4, 0.5) is 0 Å². The first kappa shape index (κ1) is 11.3. The van der Waals surface area contributed by atoms with E-state index in [0.29, 0.717) is 12.6 Å².